The number of hydrogen-bond acceptors (Lipinski definition) is 4. The second kappa shape index (κ2) is 10.1. The first-order valence-corrected chi connectivity index (χ1v) is 12.0. The second-order valence-corrected chi connectivity index (χ2v) is 9.37. The summed E-state index contributed by atoms with van der Waals surface area (Å²) < 4.78 is 32.7. The molecule has 30 heavy (non-hydrogen) atoms. The number of benzene rings is 2. The molecule has 3 rings (SSSR count). The quantitative estimate of drug-likeness (QED) is 0.645. The molecule has 0 aliphatic carbocycles. The second-order valence-electron chi connectivity index (χ2n) is 7.43. The van der Waals surface area contributed by atoms with Gasteiger partial charge in [0.25, 0.3) is 0 Å². The zero-order valence-electron chi connectivity index (χ0n) is 17.7. The number of amides is 1. The highest BCUT2D eigenvalue weighted by Gasteiger charge is 2.30. The molecule has 2 aromatic rings. The van der Waals surface area contributed by atoms with Crippen molar-refractivity contribution in [3.8, 4) is 5.75 Å². The molecule has 0 spiro atoms. The van der Waals surface area contributed by atoms with E-state index >= 15 is 0 Å². The monoisotopic (exact) mass is 430 g/mol. The first-order valence-electron chi connectivity index (χ1n) is 10.5. The van der Waals surface area contributed by atoms with Gasteiger partial charge in [-0.1, -0.05) is 37.6 Å². The molecular formula is C23H30N2O4S. The van der Waals surface area contributed by atoms with Gasteiger partial charge < -0.3 is 9.64 Å². The molecule has 0 saturated carbocycles. The van der Waals surface area contributed by atoms with Crippen LogP contribution >= 0.6 is 0 Å². The third-order valence-electron chi connectivity index (χ3n) is 5.28. The Morgan fingerprint density at radius 1 is 0.900 bits per heavy atom. The van der Waals surface area contributed by atoms with E-state index < -0.39 is 10.0 Å². The van der Waals surface area contributed by atoms with Crippen LogP contribution in [0.4, 0.5) is 0 Å². The highest BCUT2D eigenvalue weighted by molar-refractivity contribution is 7.89. The standard InChI is InChI=1S/C23H30N2O4S/c1-3-5-19-8-12-22(13-9-19)30(27,28)25-16-14-24(15-17-25)23(26)18-20-6-10-21(11-7-20)29-4-2/h6-13H,3-5,14-18H2,1-2H3. The summed E-state index contributed by atoms with van der Waals surface area (Å²) in [7, 11) is -3.53. The summed E-state index contributed by atoms with van der Waals surface area (Å²) in [5.74, 6) is 0.801. The van der Waals surface area contributed by atoms with Gasteiger partial charge >= 0.3 is 0 Å². The van der Waals surface area contributed by atoms with Gasteiger partial charge in [-0.3, -0.25) is 4.79 Å². The molecule has 1 amide bonds. The third-order valence-corrected chi connectivity index (χ3v) is 7.19. The molecule has 162 valence electrons. The van der Waals surface area contributed by atoms with Crippen molar-refractivity contribution in [2.45, 2.75) is 38.0 Å². The largest absolute Gasteiger partial charge is 0.494 e. The Hall–Kier alpha value is -2.38. The maximum absolute atomic E-state index is 12.9. The van der Waals surface area contributed by atoms with Gasteiger partial charge in [-0.05, 0) is 48.7 Å². The number of hydrogen-bond donors (Lipinski definition) is 0. The van der Waals surface area contributed by atoms with Crippen LogP contribution < -0.4 is 4.74 Å². The number of carbonyl (C=O) groups is 1. The predicted octanol–water partition coefficient (Wildman–Crippen LogP) is 3.11. The van der Waals surface area contributed by atoms with Crippen LogP contribution in [0.2, 0.25) is 0 Å². The molecule has 1 fully saturated rings. The number of piperazine rings is 1. The van der Waals surface area contributed by atoms with Crippen LogP contribution in [0.25, 0.3) is 0 Å². The molecule has 6 nitrogen and oxygen atoms in total. The molecule has 1 aliphatic heterocycles. The highest BCUT2D eigenvalue weighted by Crippen LogP contribution is 2.20. The lowest BCUT2D eigenvalue weighted by atomic mass is 10.1. The van der Waals surface area contributed by atoms with Crippen LogP contribution in [-0.4, -0.2) is 56.3 Å². The third kappa shape index (κ3) is 5.40. The van der Waals surface area contributed by atoms with Crippen LogP contribution in [0.3, 0.4) is 0 Å². The molecule has 0 atom stereocenters. The van der Waals surface area contributed by atoms with Gasteiger partial charge in [0.1, 0.15) is 5.75 Å². The van der Waals surface area contributed by atoms with Crippen LogP contribution in [0.5, 0.6) is 5.75 Å². The Morgan fingerprint density at radius 3 is 2.07 bits per heavy atom. The van der Waals surface area contributed by atoms with Crippen molar-refractivity contribution in [3.63, 3.8) is 0 Å². The molecule has 7 heteroatoms. The molecule has 0 N–H and O–H groups in total. The lowest BCUT2D eigenvalue weighted by Gasteiger charge is -2.34. The Kier molecular flexibility index (Phi) is 7.50. The Bertz CT molecular complexity index is 932. The number of sulfonamides is 1. The van der Waals surface area contributed by atoms with Crippen LogP contribution in [0.15, 0.2) is 53.4 Å². The van der Waals surface area contributed by atoms with Crippen LogP contribution in [0.1, 0.15) is 31.4 Å². The number of rotatable bonds is 8. The van der Waals surface area contributed by atoms with Crippen molar-refractivity contribution in [2.75, 3.05) is 32.8 Å². The van der Waals surface area contributed by atoms with Crippen molar-refractivity contribution in [3.05, 3.63) is 59.7 Å². The molecular weight excluding hydrogens is 400 g/mol. The number of ether oxygens (including phenoxy) is 1. The first kappa shape index (κ1) is 22.3. The van der Waals surface area contributed by atoms with Gasteiger partial charge in [-0.15, -0.1) is 0 Å². The lowest BCUT2D eigenvalue weighted by molar-refractivity contribution is -0.131. The van der Waals surface area contributed by atoms with Gasteiger partial charge in [0, 0.05) is 26.2 Å². The molecule has 0 aromatic heterocycles. The summed E-state index contributed by atoms with van der Waals surface area (Å²) in [6.45, 7) is 6.07. The SMILES string of the molecule is CCCc1ccc(S(=O)(=O)N2CCN(C(=O)Cc3ccc(OCC)cc3)CC2)cc1. The van der Waals surface area contributed by atoms with Crippen molar-refractivity contribution < 1.29 is 17.9 Å². The van der Waals surface area contributed by atoms with E-state index in [4.69, 9.17) is 4.74 Å². The summed E-state index contributed by atoms with van der Waals surface area (Å²) in [6, 6.07) is 14.6. The highest BCUT2D eigenvalue weighted by atomic mass is 32.2. The minimum Gasteiger partial charge on any atom is -0.494 e. The van der Waals surface area contributed by atoms with Crippen molar-refractivity contribution in [1.29, 1.82) is 0 Å². The molecule has 0 radical (unpaired) electrons. The topological polar surface area (TPSA) is 66.9 Å². The molecule has 1 heterocycles. The Balaban J connectivity index is 1.56. The lowest BCUT2D eigenvalue weighted by Crippen LogP contribution is -2.50. The Morgan fingerprint density at radius 2 is 1.50 bits per heavy atom. The van der Waals surface area contributed by atoms with Crippen molar-refractivity contribution >= 4 is 15.9 Å². The van der Waals surface area contributed by atoms with Crippen molar-refractivity contribution in [2.24, 2.45) is 0 Å². The van der Waals surface area contributed by atoms with Crippen LogP contribution in [0, 0.1) is 0 Å². The average Bonchev–Trinajstić information content (AvgIpc) is 2.76. The van der Waals surface area contributed by atoms with E-state index in [-0.39, 0.29) is 5.91 Å². The van der Waals surface area contributed by atoms with E-state index in [0.29, 0.717) is 44.1 Å². The fourth-order valence-corrected chi connectivity index (χ4v) is 5.02. The van der Waals surface area contributed by atoms with Gasteiger partial charge in [0.05, 0.1) is 17.9 Å². The van der Waals surface area contributed by atoms with Gasteiger partial charge in [0.2, 0.25) is 15.9 Å². The maximum Gasteiger partial charge on any atom is 0.243 e. The molecule has 0 unspecified atom stereocenters. The fourth-order valence-electron chi connectivity index (χ4n) is 3.60. The van der Waals surface area contributed by atoms with Gasteiger partial charge in [0.15, 0.2) is 0 Å². The Labute approximate surface area is 179 Å². The van der Waals surface area contributed by atoms with E-state index in [1.807, 2.05) is 43.3 Å². The zero-order chi connectivity index (χ0) is 21.6. The summed E-state index contributed by atoms with van der Waals surface area (Å²) in [5, 5.41) is 0. The van der Waals surface area contributed by atoms with Crippen LogP contribution in [-0.2, 0) is 27.7 Å². The van der Waals surface area contributed by atoms with E-state index in [0.717, 1.165) is 29.7 Å². The summed E-state index contributed by atoms with van der Waals surface area (Å²) in [5.41, 5.74) is 2.06. The number of nitrogens with zero attached hydrogens (tertiary/aromatic N) is 2. The average molecular weight is 431 g/mol. The molecule has 1 saturated heterocycles. The summed E-state index contributed by atoms with van der Waals surface area (Å²) in [4.78, 5) is 14.7. The number of carbonyl (C=O) groups excluding carboxylic acids is 1. The smallest absolute Gasteiger partial charge is 0.243 e. The van der Waals surface area contributed by atoms with Gasteiger partial charge in [-0.25, -0.2) is 8.42 Å². The van der Waals surface area contributed by atoms with E-state index in [2.05, 4.69) is 6.92 Å². The normalized spacial score (nSPS) is 15.2. The van der Waals surface area contributed by atoms with Crippen molar-refractivity contribution in [1.82, 2.24) is 9.21 Å². The van der Waals surface area contributed by atoms with E-state index in [1.165, 1.54) is 4.31 Å². The van der Waals surface area contributed by atoms with E-state index in [1.54, 1.807) is 17.0 Å². The first-order chi connectivity index (χ1) is 14.4. The zero-order valence-corrected chi connectivity index (χ0v) is 18.5. The fraction of sp³-hybridized carbons (Fsp3) is 0.435. The minimum absolute atomic E-state index is 0.0140. The van der Waals surface area contributed by atoms with Gasteiger partial charge in [-0.2, -0.15) is 4.31 Å². The maximum atomic E-state index is 12.9. The molecule has 1 aliphatic rings. The summed E-state index contributed by atoms with van der Waals surface area (Å²) >= 11 is 0. The molecule has 0 bridgehead atoms. The minimum atomic E-state index is -3.53. The molecule has 2 aromatic carbocycles. The number of aryl methyl sites for hydroxylation is 1. The van der Waals surface area contributed by atoms with E-state index in [9.17, 15) is 13.2 Å². The predicted molar refractivity (Wildman–Crippen MR) is 117 cm³/mol. The summed E-state index contributed by atoms with van der Waals surface area (Å²) in [6.07, 6.45) is 2.27.